The van der Waals surface area contributed by atoms with Crippen LogP contribution in [-0.2, 0) is 10.0 Å². The number of alkyl halides is 1. The smallest absolute Gasteiger partial charge is 0.233 e. The molecule has 0 heterocycles. The predicted octanol–water partition coefficient (Wildman–Crippen LogP) is 4.14. The molecule has 1 aromatic carbocycles. The van der Waals surface area contributed by atoms with Gasteiger partial charge in [-0.05, 0) is 62.4 Å². The lowest BCUT2D eigenvalue weighted by Crippen LogP contribution is -2.22. The van der Waals surface area contributed by atoms with Gasteiger partial charge in [0, 0.05) is 14.8 Å². The molecule has 0 aliphatic rings. The topological polar surface area (TPSA) is 46.2 Å². The van der Waals surface area contributed by atoms with Crippen LogP contribution in [0.15, 0.2) is 21.1 Å². The second-order valence-corrected chi connectivity index (χ2v) is 8.03. The van der Waals surface area contributed by atoms with Gasteiger partial charge in [0.25, 0.3) is 0 Å². The van der Waals surface area contributed by atoms with Crippen LogP contribution in [0.5, 0.6) is 0 Å². The molecule has 7 heteroatoms. The van der Waals surface area contributed by atoms with E-state index in [-0.39, 0.29) is 11.7 Å². The fourth-order valence-corrected chi connectivity index (χ4v) is 5.01. The Balaban J connectivity index is 2.98. The Kier molecular flexibility index (Phi) is 5.96. The quantitative estimate of drug-likeness (QED) is 0.730. The lowest BCUT2D eigenvalue weighted by molar-refractivity contribution is 0.588. The zero-order chi connectivity index (χ0) is 13.9. The first kappa shape index (κ1) is 16.3. The number of hydrogen-bond acceptors (Lipinski definition) is 2. The summed E-state index contributed by atoms with van der Waals surface area (Å²) in [5, 5.41) is 0. The number of anilines is 1. The number of sulfonamides is 1. The van der Waals surface area contributed by atoms with Gasteiger partial charge in [-0.1, -0.05) is 6.92 Å². The van der Waals surface area contributed by atoms with Gasteiger partial charge < -0.3 is 0 Å². The third-order valence-corrected chi connectivity index (χ3v) is 5.51. The number of aryl methyl sites for hydroxylation is 1. The molecule has 18 heavy (non-hydrogen) atoms. The molecule has 1 N–H and O–H groups in total. The highest BCUT2D eigenvalue weighted by atomic mass is 79.9. The third kappa shape index (κ3) is 4.72. The van der Waals surface area contributed by atoms with Crippen LogP contribution >= 0.6 is 43.5 Å². The van der Waals surface area contributed by atoms with Crippen molar-refractivity contribution in [2.75, 3.05) is 16.4 Å². The number of halogens is 3. The molecule has 3 nitrogen and oxygen atoms in total. The molecule has 1 aromatic rings. The van der Waals surface area contributed by atoms with Gasteiger partial charge >= 0.3 is 0 Å². The summed E-state index contributed by atoms with van der Waals surface area (Å²) in [6.07, 6.45) is 0. The number of hydrogen-bond donors (Lipinski definition) is 1. The molecular formula is C11H14Br2ClNO2S. The van der Waals surface area contributed by atoms with Crippen molar-refractivity contribution in [2.24, 2.45) is 5.92 Å². The van der Waals surface area contributed by atoms with E-state index in [1.807, 2.05) is 19.1 Å². The Hall–Kier alpha value is 0.220. The molecular weight excluding hydrogens is 405 g/mol. The Bertz CT molecular complexity index is 511. The fourth-order valence-electron chi connectivity index (χ4n) is 1.41. The van der Waals surface area contributed by atoms with Crippen molar-refractivity contribution < 1.29 is 8.42 Å². The van der Waals surface area contributed by atoms with Crippen molar-refractivity contribution >= 4 is 59.2 Å². The molecule has 0 saturated carbocycles. The van der Waals surface area contributed by atoms with E-state index in [2.05, 4.69) is 36.6 Å². The van der Waals surface area contributed by atoms with E-state index in [1.54, 1.807) is 6.92 Å². The van der Waals surface area contributed by atoms with Crippen LogP contribution in [0.1, 0.15) is 12.5 Å². The van der Waals surface area contributed by atoms with Gasteiger partial charge in [0.1, 0.15) is 0 Å². The van der Waals surface area contributed by atoms with E-state index < -0.39 is 10.0 Å². The van der Waals surface area contributed by atoms with Crippen LogP contribution in [-0.4, -0.2) is 20.1 Å². The summed E-state index contributed by atoms with van der Waals surface area (Å²) in [7, 11) is -3.40. The molecule has 0 spiro atoms. The maximum absolute atomic E-state index is 11.9. The van der Waals surface area contributed by atoms with Crippen LogP contribution in [0.4, 0.5) is 5.69 Å². The fraction of sp³-hybridized carbons (Fsp3) is 0.455. The van der Waals surface area contributed by atoms with Crippen molar-refractivity contribution in [1.82, 2.24) is 0 Å². The van der Waals surface area contributed by atoms with Gasteiger partial charge in [-0.15, -0.1) is 11.6 Å². The van der Waals surface area contributed by atoms with E-state index in [4.69, 9.17) is 11.6 Å². The predicted molar refractivity (Wildman–Crippen MR) is 83.9 cm³/mol. The van der Waals surface area contributed by atoms with E-state index in [0.29, 0.717) is 20.5 Å². The zero-order valence-electron chi connectivity index (χ0n) is 10.0. The standard InChI is InChI=1S/C11H14Br2ClNO2S/c1-7-3-9(12)11(10(13)4-7)15-18(16,17)6-8(2)5-14/h3-4,8,15H,5-6H2,1-2H3. The Morgan fingerprint density at radius 2 is 1.83 bits per heavy atom. The summed E-state index contributed by atoms with van der Waals surface area (Å²) in [6.45, 7) is 3.73. The Morgan fingerprint density at radius 3 is 2.28 bits per heavy atom. The van der Waals surface area contributed by atoms with E-state index in [1.165, 1.54) is 0 Å². The van der Waals surface area contributed by atoms with Crippen LogP contribution in [0, 0.1) is 12.8 Å². The molecule has 0 aliphatic heterocycles. The summed E-state index contributed by atoms with van der Waals surface area (Å²) >= 11 is 12.3. The first-order chi connectivity index (χ1) is 8.25. The summed E-state index contributed by atoms with van der Waals surface area (Å²) < 4.78 is 27.9. The van der Waals surface area contributed by atoms with Gasteiger partial charge in [0.15, 0.2) is 0 Å². The minimum absolute atomic E-state index is 0.00323. The minimum Gasteiger partial charge on any atom is -0.281 e. The van der Waals surface area contributed by atoms with E-state index >= 15 is 0 Å². The Morgan fingerprint density at radius 1 is 1.33 bits per heavy atom. The number of benzene rings is 1. The highest BCUT2D eigenvalue weighted by Gasteiger charge is 2.18. The molecule has 102 valence electrons. The number of nitrogens with one attached hydrogen (secondary N) is 1. The summed E-state index contributed by atoms with van der Waals surface area (Å²) in [5.74, 6) is 0.229. The van der Waals surface area contributed by atoms with Crippen molar-refractivity contribution in [3.8, 4) is 0 Å². The molecule has 0 fully saturated rings. The molecule has 0 amide bonds. The van der Waals surface area contributed by atoms with E-state index in [0.717, 1.165) is 5.56 Å². The summed E-state index contributed by atoms with van der Waals surface area (Å²) in [5.41, 5.74) is 1.55. The van der Waals surface area contributed by atoms with Gasteiger partial charge in [0.05, 0.1) is 11.4 Å². The summed E-state index contributed by atoms with van der Waals surface area (Å²) in [6, 6.07) is 3.71. The normalized spacial score (nSPS) is 13.4. The zero-order valence-corrected chi connectivity index (χ0v) is 14.7. The maximum Gasteiger partial charge on any atom is 0.233 e. The van der Waals surface area contributed by atoms with Crippen LogP contribution in [0.2, 0.25) is 0 Å². The van der Waals surface area contributed by atoms with E-state index in [9.17, 15) is 8.42 Å². The molecule has 1 atom stereocenters. The first-order valence-corrected chi connectivity index (χ1v) is 9.04. The molecule has 1 unspecified atom stereocenters. The molecule has 0 aromatic heterocycles. The third-order valence-electron chi connectivity index (χ3n) is 2.21. The lowest BCUT2D eigenvalue weighted by atomic mass is 10.2. The van der Waals surface area contributed by atoms with Gasteiger partial charge in [-0.3, -0.25) is 4.72 Å². The van der Waals surface area contributed by atoms with Gasteiger partial charge in [-0.25, -0.2) is 8.42 Å². The van der Waals surface area contributed by atoms with Gasteiger partial charge in [-0.2, -0.15) is 0 Å². The average Bonchev–Trinajstić information content (AvgIpc) is 2.22. The maximum atomic E-state index is 11.9. The van der Waals surface area contributed by atoms with Crippen molar-refractivity contribution in [1.29, 1.82) is 0 Å². The second kappa shape index (κ2) is 6.59. The largest absolute Gasteiger partial charge is 0.281 e. The molecule has 0 aliphatic carbocycles. The van der Waals surface area contributed by atoms with Crippen LogP contribution in [0.3, 0.4) is 0 Å². The average molecular weight is 420 g/mol. The molecule has 0 radical (unpaired) electrons. The van der Waals surface area contributed by atoms with Crippen molar-refractivity contribution in [3.63, 3.8) is 0 Å². The van der Waals surface area contributed by atoms with Crippen LogP contribution in [0.25, 0.3) is 0 Å². The monoisotopic (exact) mass is 417 g/mol. The first-order valence-electron chi connectivity index (χ1n) is 5.27. The SMILES string of the molecule is Cc1cc(Br)c(NS(=O)(=O)CC(C)CCl)c(Br)c1. The molecule has 0 saturated heterocycles. The van der Waals surface area contributed by atoms with Crippen molar-refractivity contribution in [2.45, 2.75) is 13.8 Å². The summed E-state index contributed by atoms with van der Waals surface area (Å²) in [4.78, 5) is 0. The number of rotatable bonds is 5. The van der Waals surface area contributed by atoms with Crippen molar-refractivity contribution in [3.05, 3.63) is 26.6 Å². The lowest BCUT2D eigenvalue weighted by Gasteiger charge is -2.14. The van der Waals surface area contributed by atoms with Crippen LogP contribution < -0.4 is 4.72 Å². The highest BCUT2D eigenvalue weighted by Crippen LogP contribution is 2.33. The Labute approximate surface area is 130 Å². The highest BCUT2D eigenvalue weighted by molar-refractivity contribution is 9.11. The minimum atomic E-state index is -3.40. The molecule has 0 bridgehead atoms. The van der Waals surface area contributed by atoms with Gasteiger partial charge in [0.2, 0.25) is 10.0 Å². The second-order valence-electron chi connectivity index (χ2n) is 4.25. The molecule has 1 rings (SSSR count).